The van der Waals surface area contributed by atoms with Crippen LogP contribution in [0.2, 0.25) is 0 Å². The van der Waals surface area contributed by atoms with Crippen molar-refractivity contribution in [3.05, 3.63) is 30.1 Å². The maximum atomic E-state index is 13.0. The van der Waals surface area contributed by atoms with Crippen molar-refractivity contribution in [3.8, 4) is 5.75 Å². The van der Waals surface area contributed by atoms with E-state index in [4.69, 9.17) is 9.47 Å². The minimum absolute atomic E-state index is 0.296. The maximum absolute atomic E-state index is 13.0. The van der Waals surface area contributed by atoms with Gasteiger partial charge in [0.15, 0.2) is 5.96 Å². The van der Waals surface area contributed by atoms with Gasteiger partial charge in [0, 0.05) is 32.9 Å². The third-order valence-electron chi connectivity index (χ3n) is 2.89. The molecule has 1 aromatic rings. The first-order valence-corrected chi connectivity index (χ1v) is 7.67. The van der Waals surface area contributed by atoms with Crippen molar-refractivity contribution in [2.45, 2.75) is 19.8 Å². The van der Waals surface area contributed by atoms with E-state index in [9.17, 15) is 4.39 Å². The molecule has 1 rings (SSSR count). The van der Waals surface area contributed by atoms with Crippen LogP contribution < -0.4 is 15.4 Å². The van der Waals surface area contributed by atoms with Crippen LogP contribution in [0.3, 0.4) is 0 Å². The second kappa shape index (κ2) is 11.8. The number of nitrogens with zero attached hydrogens (tertiary/aromatic N) is 1. The van der Waals surface area contributed by atoms with E-state index < -0.39 is 0 Å². The minimum atomic E-state index is -0.296. The van der Waals surface area contributed by atoms with Gasteiger partial charge in [0.1, 0.15) is 18.2 Å². The number of halogens is 1. The monoisotopic (exact) mass is 311 g/mol. The molecular weight excluding hydrogens is 285 g/mol. The van der Waals surface area contributed by atoms with Crippen LogP contribution in [0.1, 0.15) is 19.8 Å². The summed E-state index contributed by atoms with van der Waals surface area (Å²) in [6, 6.07) is 6.11. The SMILES string of the molecule is CCOCCCCNC(=NC)NCCOc1cccc(F)c1. The van der Waals surface area contributed by atoms with Crippen LogP contribution in [-0.2, 0) is 4.74 Å². The molecule has 0 saturated heterocycles. The van der Waals surface area contributed by atoms with Crippen LogP contribution in [0.5, 0.6) is 5.75 Å². The van der Waals surface area contributed by atoms with Crippen molar-refractivity contribution in [2.75, 3.05) is 40.0 Å². The zero-order chi connectivity index (χ0) is 16.0. The van der Waals surface area contributed by atoms with Crippen LogP contribution in [-0.4, -0.2) is 45.9 Å². The fourth-order valence-corrected chi connectivity index (χ4v) is 1.80. The summed E-state index contributed by atoms with van der Waals surface area (Å²) in [6.07, 6.45) is 2.06. The summed E-state index contributed by atoms with van der Waals surface area (Å²) in [4.78, 5) is 4.13. The zero-order valence-electron chi connectivity index (χ0n) is 13.4. The van der Waals surface area contributed by atoms with E-state index in [-0.39, 0.29) is 5.82 Å². The fraction of sp³-hybridized carbons (Fsp3) is 0.562. The highest BCUT2D eigenvalue weighted by molar-refractivity contribution is 5.79. The van der Waals surface area contributed by atoms with E-state index in [0.29, 0.717) is 18.9 Å². The Morgan fingerprint density at radius 1 is 1.18 bits per heavy atom. The number of hydrogen-bond donors (Lipinski definition) is 2. The Morgan fingerprint density at radius 3 is 2.73 bits per heavy atom. The van der Waals surface area contributed by atoms with Gasteiger partial charge in [-0.05, 0) is 31.9 Å². The molecule has 0 heterocycles. The number of benzene rings is 1. The van der Waals surface area contributed by atoms with Crippen molar-refractivity contribution in [2.24, 2.45) is 4.99 Å². The first-order chi connectivity index (χ1) is 10.8. The quantitative estimate of drug-likeness (QED) is 0.395. The largest absolute Gasteiger partial charge is 0.492 e. The van der Waals surface area contributed by atoms with Crippen molar-refractivity contribution in [1.29, 1.82) is 0 Å². The van der Waals surface area contributed by atoms with Crippen LogP contribution in [0.25, 0.3) is 0 Å². The highest BCUT2D eigenvalue weighted by Gasteiger charge is 1.98. The molecule has 0 aliphatic carbocycles. The molecule has 6 heteroatoms. The number of aliphatic imine (C=N–C) groups is 1. The fourth-order valence-electron chi connectivity index (χ4n) is 1.80. The second-order valence-electron chi connectivity index (χ2n) is 4.64. The molecule has 22 heavy (non-hydrogen) atoms. The van der Waals surface area contributed by atoms with Gasteiger partial charge in [-0.2, -0.15) is 0 Å². The average Bonchev–Trinajstić information content (AvgIpc) is 2.52. The topological polar surface area (TPSA) is 54.9 Å². The lowest BCUT2D eigenvalue weighted by Gasteiger charge is -2.12. The Bertz CT molecular complexity index is 441. The summed E-state index contributed by atoms with van der Waals surface area (Å²) in [5.74, 6) is 0.968. The summed E-state index contributed by atoms with van der Waals surface area (Å²) < 4.78 is 23.7. The van der Waals surface area contributed by atoms with Gasteiger partial charge in [-0.25, -0.2) is 4.39 Å². The highest BCUT2D eigenvalue weighted by atomic mass is 19.1. The maximum Gasteiger partial charge on any atom is 0.191 e. The normalized spacial score (nSPS) is 11.3. The van der Waals surface area contributed by atoms with Crippen LogP contribution in [0.4, 0.5) is 4.39 Å². The number of unbranched alkanes of at least 4 members (excludes halogenated alkanes) is 1. The van der Waals surface area contributed by atoms with E-state index in [1.807, 2.05) is 6.92 Å². The predicted molar refractivity (Wildman–Crippen MR) is 87.0 cm³/mol. The smallest absolute Gasteiger partial charge is 0.191 e. The molecule has 0 bridgehead atoms. The van der Waals surface area contributed by atoms with Gasteiger partial charge in [-0.1, -0.05) is 6.07 Å². The van der Waals surface area contributed by atoms with E-state index in [2.05, 4.69) is 15.6 Å². The molecule has 5 nitrogen and oxygen atoms in total. The van der Waals surface area contributed by atoms with E-state index in [1.54, 1.807) is 19.2 Å². The lowest BCUT2D eigenvalue weighted by atomic mass is 10.3. The molecule has 0 atom stereocenters. The van der Waals surface area contributed by atoms with Crippen molar-refractivity contribution in [1.82, 2.24) is 10.6 Å². The molecule has 124 valence electrons. The summed E-state index contributed by atoms with van der Waals surface area (Å²) in [5.41, 5.74) is 0. The van der Waals surface area contributed by atoms with Gasteiger partial charge in [0.2, 0.25) is 0 Å². The number of hydrogen-bond acceptors (Lipinski definition) is 3. The first kappa shape index (κ1) is 18.2. The van der Waals surface area contributed by atoms with Crippen LogP contribution >= 0.6 is 0 Å². The first-order valence-electron chi connectivity index (χ1n) is 7.67. The molecule has 0 aliphatic heterocycles. The molecule has 1 aromatic carbocycles. The Balaban J connectivity index is 2.08. The third kappa shape index (κ3) is 8.46. The number of nitrogens with one attached hydrogen (secondary N) is 2. The highest BCUT2D eigenvalue weighted by Crippen LogP contribution is 2.11. The Morgan fingerprint density at radius 2 is 2.00 bits per heavy atom. The molecule has 0 fully saturated rings. The van der Waals surface area contributed by atoms with Crippen LogP contribution in [0, 0.1) is 5.82 Å². The molecule has 0 radical (unpaired) electrons. The molecule has 0 saturated carbocycles. The van der Waals surface area contributed by atoms with E-state index in [1.165, 1.54) is 12.1 Å². The summed E-state index contributed by atoms with van der Waals surface area (Å²) in [6.45, 7) is 5.44. The summed E-state index contributed by atoms with van der Waals surface area (Å²) >= 11 is 0. The molecule has 0 aromatic heterocycles. The summed E-state index contributed by atoms with van der Waals surface area (Å²) in [5, 5.41) is 6.37. The van der Waals surface area contributed by atoms with Crippen molar-refractivity contribution >= 4 is 5.96 Å². The molecular formula is C16H26FN3O2. The van der Waals surface area contributed by atoms with Gasteiger partial charge in [-0.15, -0.1) is 0 Å². The number of guanidine groups is 1. The van der Waals surface area contributed by atoms with Gasteiger partial charge in [0.05, 0.1) is 6.54 Å². The second-order valence-corrected chi connectivity index (χ2v) is 4.64. The van der Waals surface area contributed by atoms with Gasteiger partial charge >= 0.3 is 0 Å². The van der Waals surface area contributed by atoms with Crippen LogP contribution in [0.15, 0.2) is 29.3 Å². The Labute approximate surface area is 131 Å². The lowest BCUT2D eigenvalue weighted by Crippen LogP contribution is -2.39. The molecule has 0 spiro atoms. The van der Waals surface area contributed by atoms with Gasteiger partial charge in [0.25, 0.3) is 0 Å². The average molecular weight is 311 g/mol. The zero-order valence-corrected chi connectivity index (χ0v) is 13.4. The van der Waals surface area contributed by atoms with E-state index in [0.717, 1.165) is 38.6 Å². The lowest BCUT2D eigenvalue weighted by molar-refractivity contribution is 0.143. The predicted octanol–water partition coefficient (Wildman–Crippen LogP) is 2.19. The van der Waals surface area contributed by atoms with Crippen molar-refractivity contribution in [3.63, 3.8) is 0 Å². The number of ether oxygens (including phenoxy) is 2. The molecule has 0 aliphatic rings. The molecule has 2 N–H and O–H groups in total. The van der Waals surface area contributed by atoms with Gasteiger partial charge < -0.3 is 20.1 Å². The third-order valence-corrected chi connectivity index (χ3v) is 2.89. The minimum Gasteiger partial charge on any atom is -0.492 e. The Kier molecular flexibility index (Phi) is 9.78. The Hall–Kier alpha value is -1.82. The van der Waals surface area contributed by atoms with Gasteiger partial charge in [-0.3, -0.25) is 4.99 Å². The van der Waals surface area contributed by atoms with E-state index >= 15 is 0 Å². The number of rotatable bonds is 10. The summed E-state index contributed by atoms with van der Waals surface area (Å²) in [7, 11) is 1.73. The molecule has 0 unspecified atom stereocenters. The van der Waals surface area contributed by atoms with Crippen molar-refractivity contribution < 1.29 is 13.9 Å². The molecule has 0 amide bonds. The standard InChI is InChI=1S/C16H26FN3O2/c1-3-21-11-5-4-9-19-16(18-2)20-10-12-22-15-8-6-7-14(17)13-15/h6-8,13H,3-5,9-12H2,1-2H3,(H2,18,19,20).